The van der Waals surface area contributed by atoms with Crippen LogP contribution in [0, 0.1) is 11.3 Å². The van der Waals surface area contributed by atoms with Gasteiger partial charge in [0.05, 0.1) is 30.3 Å². The Hall–Kier alpha value is -4.06. The smallest absolute Gasteiger partial charge is 0.410 e. The van der Waals surface area contributed by atoms with E-state index < -0.39 is 11.1 Å². The number of piperidine rings is 1. The van der Waals surface area contributed by atoms with Crippen molar-refractivity contribution in [3.05, 3.63) is 53.3 Å². The number of rotatable bonds is 4. The highest BCUT2D eigenvalue weighted by molar-refractivity contribution is 6.07. The normalized spacial score (nSPS) is 17.1. The molecule has 1 aromatic carbocycles. The largest absolute Gasteiger partial charge is 0.494 e. The maximum absolute atomic E-state index is 13.0. The topological polar surface area (TPSA) is 109 Å². The van der Waals surface area contributed by atoms with Gasteiger partial charge in [-0.25, -0.2) is 9.78 Å². The van der Waals surface area contributed by atoms with E-state index in [0.29, 0.717) is 29.1 Å². The molecule has 1 aliphatic rings. The van der Waals surface area contributed by atoms with Crippen LogP contribution in [0.1, 0.15) is 74.9 Å². The summed E-state index contributed by atoms with van der Waals surface area (Å²) >= 11 is 0. The van der Waals surface area contributed by atoms with Crippen molar-refractivity contribution < 1.29 is 19.1 Å². The molecule has 2 amide bonds. The van der Waals surface area contributed by atoms with Crippen LogP contribution in [0.15, 0.2) is 36.7 Å². The van der Waals surface area contributed by atoms with E-state index in [1.165, 1.54) is 0 Å². The minimum atomic E-state index is -0.560. The van der Waals surface area contributed by atoms with Crippen molar-refractivity contribution in [1.29, 1.82) is 5.26 Å². The Morgan fingerprint density at radius 2 is 2.00 bits per heavy atom. The molecule has 38 heavy (non-hydrogen) atoms. The van der Waals surface area contributed by atoms with Gasteiger partial charge < -0.3 is 24.3 Å². The van der Waals surface area contributed by atoms with Crippen molar-refractivity contribution in [2.75, 3.05) is 19.0 Å². The Bertz CT molecular complexity index is 1430. The van der Waals surface area contributed by atoms with E-state index in [9.17, 15) is 14.9 Å². The maximum Gasteiger partial charge on any atom is 0.410 e. The van der Waals surface area contributed by atoms with E-state index in [-0.39, 0.29) is 17.9 Å². The third kappa shape index (κ3) is 5.30. The summed E-state index contributed by atoms with van der Waals surface area (Å²) in [5.41, 5.74) is 2.05. The van der Waals surface area contributed by atoms with Crippen LogP contribution in [0.5, 0.6) is 5.75 Å². The molecule has 3 heterocycles. The third-order valence-electron chi connectivity index (χ3n) is 6.90. The van der Waals surface area contributed by atoms with Crippen LogP contribution < -0.4 is 10.1 Å². The second-order valence-corrected chi connectivity index (χ2v) is 11.4. The number of fused-ring (bicyclic) bond motifs is 1. The molecular formula is C29H35N5O4. The zero-order chi connectivity index (χ0) is 27.8. The predicted octanol–water partition coefficient (Wildman–Crippen LogP) is 5.60. The number of likely N-dealkylation sites (tertiary alicyclic amines) is 1. The first-order chi connectivity index (χ1) is 17.8. The Labute approximate surface area is 223 Å². The number of ether oxygens (including phenoxy) is 2. The lowest BCUT2D eigenvalue weighted by atomic mass is 9.79. The standard InChI is InChI=1S/C29H35N5O4/c1-28(2,3)38-27(36)34-12-11-20(14-29(34,4)5)21-17-33(6)25-23(21)24(37-7)22(16-31-25)32-26(35)19-10-8-9-18(13-19)15-30/h8-10,13,16-17,20H,11-12,14H2,1-7H3,(H,32,35)/t20-/m1/s1. The molecule has 0 saturated carbocycles. The summed E-state index contributed by atoms with van der Waals surface area (Å²) in [7, 11) is 3.51. The van der Waals surface area contributed by atoms with E-state index in [4.69, 9.17) is 9.47 Å². The second kappa shape index (κ2) is 10.0. The highest BCUT2D eigenvalue weighted by Gasteiger charge is 2.41. The molecule has 9 heteroatoms. The summed E-state index contributed by atoms with van der Waals surface area (Å²) in [4.78, 5) is 32.4. The number of aromatic nitrogens is 2. The van der Waals surface area contributed by atoms with Crippen LogP contribution in [-0.4, -0.2) is 51.2 Å². The molecule has 0 spiro atoms. The van der Waals surface area contributed by atoms with Gasteiger partial charge in [0, 0.05) is 30.9 Å². The van der Waals surface area contributed by atoms with Gasteiger partial charge in [-0.1, -0.05) is 6.07 Å². The summed E-state index contributed by atoms with van der Waals surface area (Å²) < 4.78 is 13.5. The summed E-state index contributed by atoms with van der Waals surface area (Å²) in [6.07, 6.45) is 4.83. The van der Waals surface area contributed by atoms with Gasteiger partial charge in [-0.3, -0.25) is 4.79 Å². The highest BCUT2D eigenvalue weighted by Crippen LogP contribution is 2.44. The molecule has 1 N–H and O–H groups in total. The lowest BCUT2D eigenvalue weighted by molar-refractivity contribution is -0.00927. The average molecular weight is 518 g/mol. The molecular weight excluding hydrogens is 482 g/mol. The molecule has 0 radical (unpaired) electrons. The lowest BCUT2D eigenvalue weighted by Crippen LogP contribution is -2.53. The Kier molecular flexibility index (Phi) is 7.11. The highest BCUT2D eigenvalue weighted by atomic mass is 16.6. The summed E-state index contributed by atoms with van der Waals surface area (Å²) in [5.74, 6) is 0.315. The number of methoxy groups -OCH3 is 1. The molecule has 0 aliphatic carbocycles. The molecule has 4 rings (SSSR count). The minimum absolute atomic E-state index is 0.140. The van der Waals surface area contributed by atoms with Gasteiger partial charge in [-0.15, -0.1) is 0 Å². The van der Waals surface area contributed by atoms with Crippen molar-refractivity contribution in [3.63, 3.8) is 0 Å². The number of nitrogens with one attached hydrogen (secondary N) is 1. The summed E-state index contributed by atoms with van der Waals surface area (Å²) in [5, 5.41) is 12.9. The predicted molar refractivity (Wildman–Crippen MR) is 145 cm³/mol. The molecule has 1 fully saturated rings. The molecule has 200 valence electrons. The quantitative estimate of drug-likeness (QED) is 0.483. The number of pyridine rings is 1. The fraction of sp³-hybridized carbons (Fsp3) is 0.448. The number of anilines is 1. The number of carbonyl (C=O) groups excluding carboxylic acids is 2. The van der Waals surface area contributed by atoms with Crippen molar-refractivity contribution in [2.45, 2.75) is 64.5 Å². The molecule has 9 nitrogen and oxygen atoms in total. The number of hydrogen-bond donors (Lipinski definition) is 1. The molecule has 0 bridgehead atoms. The zero-order valence-corrected chi connectivity index (χ0v) is 23.1. The van der Waals surface area contributed by atoms with Gasteiger partial charge in [0.25, 0.3) is 5.91 Å². The molecule has 0 unspecified atom stereocenters. The first-order valence-electron chi connectivity index (χ1n) is 12.7. The minimum Gasteiger partial charge on any atom is -0.494 e. The van der Waals surface area contributed by atoms with Gasteiger partial charge in [-0.05, 0) is 77.1 Å². The van der Waals surface area contributed by atoms with E-state index in [1.807, 2.05) is 37.3 Å². The first kappa shape index (κ1) is 27.0. The maximum atomic E-state index is 13.0. The molecule has 2 aromatic heterocycles. The van der Waals surface area contributed by atoms with Gasteiger partial charge >= 0.3 is 6.09 Å². The van der Waals surface area contributed by atoms with E-state index in [1.54, 1.807) is 37.6 Å². The second-order valence-electron chi connectivity index (χ2n) is 11.4. The molecule has 1 atom stereocenters. The van der Waals surface area contributed by atoms with Crippen LogP contribution in [-0.2, 0) is 11.8 Å². The third-order valence-corrected chi connectivity index (χ3v) is 6.90. The number of aryl methyl sites for hydroxylation is 1. The first-order valence-corrected chi connectivity index (χ1v) is 12.7. The number of amides is 2. The Morgan fingerprint density at radius 1 is 1.26 bits per heavy atom. The number of nitriles is 1. The number of benzene rings is 1. The number of nitrogens with zero attached hydrogens (tertiary/aromatic N) is 4. The molecule has 1 aliphatic heterocycles. The van der Waals surface area contributed by atoms with Crippen LogP contribution in [0.4, 0.5) is 10.5 Å². The average Bonchev–Trinajstić information content (AvgIpc) is 3.18. The van der Waals surface area contributed by atoms with Crippen molar-refractivity contribution >= 4 is 28.7 Å². The summed E-state index contributed by atoms with van der Waals surface area (Å²) in [6, 6.07) is 8.58. The van der Waals surface area contributed by atoms with Crippen LogP contribution >= 0.6 is 0 Å². The Balaban J connectivity index is 1.67. The van der Waals surface area contributed by atoms with Crippen LogP contribution in [0.2, 0.25) is 0 Å². The van der Waals surface area contributed by atoms with Crippen LogP contribution in [0.3, 0.4) is 0 Å². The van der Waals surface area contributed by atoms with E-state index in [2.05, 4.69) is 36.4 Å². The van der Waals surface area contributed by atoms with Gasteiger partial charge in [0.1, 0.15) is 16.9 Å². The fourth-order valence-electron chi connectivity index (χ4n) is 5.21. The molecule has 1 saturated heterocycles. The van der Waals surface area contributed by atoms with Gasteiger partial charge in [0.2, 0.25) is 0 Å². The van der Waals surface area contributed by atoms with Crippen molar-refractivity contribution in [1.82, 2.24) is 14.5 Å². The summed E-state index contributed by atoms with van der Waals surface area (Å²) in [6.45, 7) is 10.3. The number of hydrogen-bond acceptors (Lipinski definition) is 6. The molecule has 3 aromatic rings. The lowest BCUT2D eigenvalue weighted by Gasteiger charge is -2.45. The number of carbonyl (C=O) groups is 2. The van der Waals surface area contributed by atoms with Gasteiger partial charge in [-0.2, -0.15) is 5.26 Å². The fourth-order valence-corrected chi connectivity index (χ4v) is 5.21. The van der Waals surface area contributed by atoms with Crippen molar-refractivity contribution in [2.24, 2.45) is 7.05 Å². The SMILES string of the molecule is COc1c(NC(=O)c2cccc(C#N)c2)cnc2c1c([C@@H]1CCN(C(=O)OC(C)(C)C)C(C)(C)C1)cn2C. The van der Waals surface area contributed by atoms with E-state index in [0.717, 1.165) is 29.4 Å². The Morgan fingerprint density at radius 3 is 2.63 bits per heavy atom. The zero-order valence-electron chi connectivity index (χ0n) is 23.1. The van der Waals surface area contributed by atoms with E-state index >= 15 is 0 Å². The van der Waals surface area contributed by atoms with Gasteiger partial charge in [0.15, 0.2) is 5.75 Å². The monoisotopic (exact) mass is 517 g/mol. The van der Waals surface area contributed by atoms with Crippen LogP contribution in [0.25, 0.3) is 11.0 Å². The van der Waals surface area contributed by atoms with Crippen molar-refractivity contribution in [3.8, 4) is 11.8 Å².